The van der Waals surface area contributed by atoms with Gasteiger partial charge in [-0.2, -0.15) is 4.31 Å². The quantitative estimate of drug-likeness (QED) is 0.751. The van der Waals surface area contributed by atoms with Crippen molar-refractivity contribution >= 4 is 21.6 Å². The average molecular weight is 413 g/mol. The first kappa shape index (κ1) is 20.1. The van der Waals surface area contributed by atoms with Crippen LogP contribution < -0.4 is 4.90 Å². The first-order chi connectivity index (χ1) is 14.0. The molecular weight excluding hydrogens is 384 g/mol. The van der Waals surface area contributed by atoms with E-state index >= 15 is 0 Å². The lowest BCUT2D eigenvalue weighted by Crippen LogP contribution is -2.42. The number of para-hydroxylation sites is 1. The lowest BCUT2D eigenvalue weighted by atomic mass is 9.96. The molecule has 2 aliphatic heterocycles. The van der Waals surface area contributed by atoms with E-state index in [2.05, 4.69) is 13.0 Å². The highest BCUT2D eigenvalue weighted by molar-refractivity contribution is 7.89. The van der Waals surface area contributed by atoms with Crippen LogP contribution >= 0.6 is 0 Å². The van der Waals surface area contributed by atoms with Crippen LogP contribution in [0.1, 0.15) is 43.7 Å². The van der Waals surface area contributed by atoms with Crippen LogP contribution in [0.2, 0.25) is 0 Å². The number of amides is 1. The highest BCUT2D eigenvalue weighted by Crippen LogP contribution is 2.31. The van der Waals surface area contributed by atoms with Gasteiger partial charge in [-0.05, 0) is 68.4 Å². The van der Waals surface area contributed by atoms with Gasteiger partial charge in [0.2, 0.25) is 15.9 Å². The molecule has 0 aliphatic carbocycles. The van der Waals surface area contributed by atoms with E-state index in [-0.39, 0.29) is 11.9 Å². The van der Waals surface area contributed by atoms with E-state index in [0.717, 1.165) is 36.9 Å². The highest BCUT2D eigenvalue weighted by atomic mass is 32.2. The lowest BCUT2D eigenvalue weighted by Gasteiger charge is -2.35. The Morgan fingerprint density at radius 2 is 1.72 bits per heavy atom. The van der Waals surface area contributed by atoms with Crippen molar-refractivity contribution in [2.24, 2.45) is 0 Å². The number of nitrogens with zero attached hydrogens (tertiary/aromatic N) is 2. The SMILES string of the molecule is CC1CCc2ccccc2N1C(=O)CCc1ccc(S(=O)(=O)N2CCCC2)cc1. The number of anilines is 1. The molecule has 2 aliphatic rings. The number of carbonyl (C=O) groups excluding carboxylic acids is 1. The molecule has 6 heteroatoms. The van der Waals surface area contributed by atoms with E-state index in [4.69, 9.17) is 0 Å². The molecule has 1 unspecified atom stereocenters. The van der Waals surface area contributed by atoms with Gasteiger partial charge in [-0.15, -0.1) is 0 Å². The van der Waals surface area contributed by atoms with Crippen LogP contribution in [0, 0.1) is 0 Å². The summed E-state index contributed by atoms with van der Waals surface area (Å²) in [7, 11) is -3.39. The van der Waals surface area contributed by atoms with Crippen molar-refractivity contribution in [3.05, 3.63) is 59.7 Å². The summed E-state index contributed by atoms with van der Waals surface area (Å²) in [6.45, 7) is 3.31. The molecule has 0 spiro atoms. The van der Waals surface area contributed by atoms with E-state index < -0.39 is 10.0 Å². The molecule has 1 fully saturated rings. The Morgan fingerprint density at radius 3 is 2.45 bits per heavy atom. The summed E-state index contributed by atoms with van der Waals surface area (Å²) in [5.74, 6) is 0.124. The maximum absolute atomic E-state index is 13.0. The minimum atomic E-state index is -3.39. The van der Waals surface area contributed by atoms with Crippen molar-refractivity contribution in [3.63, 3.8) is 0 Å². The fraction of sp³-hybridized carbons (Fsp3) is 0.435. The Hall–Kier alpha value is -2.18. The maximum Gasteiger partial charge on any atom is 0.243 e. The van der Waals surface area contributed by atoms with E-state index in [1.54, 1.807) is 16.4 Å². The molecular formula is C23H28N2O3S. The summed E-state index contributed by atoms with van der Waals surface area (Å²) in [5.41, 5.74) is 3.25. The molecule has 0 radical (unpaired) electrons. The molecule has 4 rings (SSSR count). The Balaban J connectivity index is 1.42. The van der Waals surface area contributed by atoms with Crippen molar-refractivity contribution in [2.75, 3.05) is 18.0 Å². The third-order valence-corrected chi connectivity index (χ3v) is 7.96. The average Bonchev–Trinajstić information content (AvgIpc) is 3.28. The third kappa shape index (κ3) is 4.09. The number of benzene rings is 2. The summed E-state index contributed by atoms with van der Waals surface area (Å²) in [4.78, 5) is 15.2. The Bertz CT molecular complexity index is 979. The highest BCUT2D eigenvalue weighted by Gasteiger charge is 2.28. The number of sulfonamides is 1. The zero-order chi connectivity index (χ0) is 20.4. The predicted molar refractivity (Wildman–Crippen MR) is 114 cm³/mol. The van der Waals surface area contributed by atoms with E-state index in [1.165, 1.54) is 5.56 Å². The van der Waals surface area contributed by atoms with Gasteiger partial charge in [0, 0.05) is 31.2 Å². The summed E-state index contributed by atoms with van der Waals surface area (Å²) >= 11 is 0. The molecule has 2 aromatic carbocycles. The van der Waals surface area contributed by atoms with Gasteiger partial charge in [0.05, 0.1) is 4.90 Å². The zero-order valence-corrected chi connectivity index (χ0v) is 17.7. The van der Waals surface area contributed by atoms with Crippen LogP contribution in [0.5, 0.6) is 0 Å². The normalized spacial score (nSPS) is 19.9. The second kappa shape index (κ2) is 8.28. The van der Waals surface area contributed by atoms with Gasteiger partial charge in [-0.3, -0.25) is 4.79 Å². The molecule has 2 aromatic rings. The minimum absolute atomic E-state index is 0.124. The number of aryl methyl sites for hydroxylation is 2. The molecule has 154 valence electrons. The zero-order valence-electron chi connectivity index (χ0n) is 16.9. The second-order valence-corrected chi connectivity index (χ2v) is 9.97. The van der Waals surface area contributed by atoms with Crippen LogP contribution in [0.25, 0.3) is 0 Å². The molecule has 29 heavy (non-hydrogen) atoms. The standard InChI is InChI=1S/C23H28N2O3S/c1-18-8-12-20-6-2-3-7-22(20)25(18)23(26)15-11-19-9-13-21(14-10-19)29(27,28)24-16-4-5-17-24/h2-3,6-7,9-10,13-14,18H,4-5,8,11-12,15-17H2,1H3. The topological polar surface area (TPSA) is 57.7 Å². The first-order valence-corrected chi connectivity index (χ1v) is 11.9. The van der Waals surface area contributed by atoms with Crippen molar-refractivity contribution in [3.8, 4) is 0 Å². The Labute approximate surface area is 173 Å². The molecule has 1 atom stereocenters. The van der Waals surface area contributed by atoms with Crippen LogP contribution in [-0.4, -0.2) is 37.8 Å². The van der Waals surface area contributed by atoms with Crippen LogP contribution in [-0.2, 0) is 27.7 Å². The fourth-order valence-corrected chi connectivity index (χ4v) is 5.86. The molecule has 5 nitrogen and oxygen atoms in total. The fourth-order valence-electron chi connectivity index (χ4n) is 4.35. The van der Waals surface area contributed by atoms with E-state index in [9.17, 15) is 13.2 Å². The molecule has 1 saturated heterocycles. The second-order valence-electron chi connectivity index (χ2n) is 8.04. The van der Waals surface area contributed by atoms with Crippen molar-refractivity contribution in [1.29, 1.82) is 0 Å². The van der Waals surface area contributed by atoms with Crippen LogP contribution in [0.15, 0.2) is 53.4 Å². The van der Waals surface area contributed by atoms with E-state index in [1.807, 2.05) is 35.2 Å². The van der Waals surface area contributed by atoms with Gasteiger partial charge < -0.3 is 4.90 Å². The predicted octanol–water partition coefficient (Wildman–Crippen LogP) is 3.77. The lowest BCUT2D eigenvalue weighted by molar-refractivity contribution is -0.119. The van der Waals surface area contributed by atoms with Gasteiger partial charge in [0.25, 0.3) is 0 Å². The van der Waals surface area contributed by atoms with Gasteiger partial charge in [0.1, 0.15) is 0 Å². The van der Waals surface area contributed by atoms with Gasteiger partial charge in [0.15, 0.2) is 0 Å². The number of rotatable bonds is 5. The maximum atomic E-state index is 13.0. The van der Waals surface area contributed by atoms with Crippen molar-refractivity contribution < 1.29 is 13.2 Å². The molecule has 0 saturated carbocycles. The van der Waals surface area contributed by atoms with Crippen LogP contribution in [0.4, 0.5) is 5.69 Å². The molecule has 0 N–H and O–H groups in total. The molecule has 0 bridgehead atoms. The van der Waals surface area contributed by atoms with Crippen molar-refractivity contribution in [2.45, 2.75) is 56.4 Å². The Morgan fingerprint density at radius 1 is 1.03 bits per heavy atom. The van der Waals surface area contributed by atoms with Gasteiger partial charge >= 0.3 is 0 Å². The van der Waals surface area contributed by atoms with Crippen molar-refractivity contribution in [1.82, 2.24) is 4.31 Å². The minimum Gasteiger partial charge on any atom is -0.309 e. The summed E-state index contributed by atoms with van der Waals surface area (Å²) in [6.07, 6.45) is 4.86. The number of carbonyl (C=O) groups is 1. The monoisotopic (exact) mass is 412 g/mol. The smallest absolute Gasteiger partial charge is 0.243 e. The van der Waals surface area contributed by atoms with Crippen LogP contribution in [0.3, 0.4) is 0 Å². The largest absolute Gasteiger partial charge is 0.309 e. The molecule has 0 aromatic heterocycles. The Kier molecular flexibility index (Phi) is 5.74. The van der Waals surface area contributed by atoms with E-state index in [0.29, 0.717) is 30.8 Å². The summed E-state index contributed by atoms with van der Waals surface area (Å²) in [5, 5.41) is 0. The molecule has 2 heterocycles. The number of fused-ring (bicyclic) bond motifs is 1. The molecule has 1 amide bonds. The number of hydrogen-bond acceptors (Lipinski definition) is 3. The first-order valence-electron chi connectivity index (χ1n) is 10.5. The van der Waals surface area contributed by atoms with Gasteiger partial charge in [-0.1, -0.05) is 30.3 Å². The third-order valence-electron chi connectivity index (χ3n) is 6.05. The van der Waals surface area contributed by atoms with Gasteiger partial charge in [-0.25, -0.2) is 8.42 Å². The number of hydrogen-bond donors (Lipinski definition) is 0. The summed E-state index contributed by atoms with van der Waals surface area (Å²) in [6, 6.07) is 15.4. The summed E-state index contributed by atoms with van der Waals surface area (Å²) < 4.78 is 26.8.